The molecule has 0 aliphatic carbocycles. The molecule has 0 saturated carbocycles. The molecule has 0 saturated heterocycles. The van der Waals surface area contributed by atoms with Gasteiger partial charge in [-0.1, -0.05) is 11.6 Å². The molecule has 0 fully saturated rings. The summed E-state index contributed by atoms with van der Waals surface area (Å²) in [5.74, 6) is 2.01. The van der Waals surface area contributed by atoms with Crippen LogP contribution >= 0.6 is 23.4 Å². The zero-order valence-corrected chi connectivity index (χ0v) is 10.6. The Labute approximate surface area is 100 Å². The van der Waals surface area contributed by atoms with Crippen LogP contribution in [0.1, 0.15) is 5.69 Å². The molecule has 2 N–H and O–H groups in total. The highest BCUT2D eigenvalue weighted by Gasteiger charge is 2.05. The van der Waals surface area contributed by atoms with Crippen LogP contribution in [0.25, 0.3) is 0 Å². The van der Waals surface area contributed by atoms with Gasteiger partial charge in [0.1, 0.15) is 5.82 Å². The molecule has 1 aromatic heterocycles. The van der Waals surface area contributed by atoms with E-state index in [0.29, 0.717) is 11.6 Å². The maximum Gasteiger partial charge on any atom is 0.128 e. The Morgan fingerprint density at radius 1 is 1.53 bits per heavy atom. The Balaban J connectivity index is 2.76. The lowest BCUT2D eigenvalue weighted by atomic mass is 10.3. The molecule has 15 heavy (non-hydrogen) atoms. The zero-order chi connectivity index (χ0) is 11.3. The molecule has 0 unspecified atom stereocenters. The summed E-state index contributed by atoms with van der Waals surface area (Å²) in [5.41, 5.74) is 6.31. The van der Waals surface area contributed by atoms with Crippen LogP contribution in [0.4, 0.5) is 5.82 Å². The highest BCUT2D eigenvalue weighted by molar-refractivity contribution is 7.98. The van der Waals surface area contributed by atoms with Crippen molar-refractivity contribution in [3.63, 3.8) is 0 Å². The van der Waals surface area contributed by atoms with Gasteiger partial charge >= 0.3 is 0 Å². The number of halogens is 1. The van der Waals surface area contributed by atoms with Crippen molar-refractivity contribution < 1.29 is 0 Å². The van der Waals surface area contributed by atoms with E-state index in [1.807, 2.05) is 30.9 Å². The quantitative estimate of drug-likeness (QED) is 0.862. The maximum atomic E-state index is 5.94. The summed E-state index contributed by atoms with van der Waals surface area (Å²) in [5, 5.41) is 0.638. The van der Waals surface area contributed by atoms with Crippen LogP contribution in [0.5, 0.6) is 0 Å². The van der Waals surface area contributed by atoms with E-state index in [2.05, 4.69) is 16.1 Å². The molecule has 0 radical (unpaired) electrons. The first-order valence-corrected chi connectivity index (χ1v) is 6.51. The van der Waals surface area contributed by atoms with Gasteiger partial charge in [0.2, 0.25) is 0 Å². The van der Waals surface area contributed by atoms with Crippen molar-refractivity contribution in [2.45, 2.75) is 6.54 Å². The molecule has 0 aromatic carbocycles. The molecule has 84 valence electrons. The second-order valence-electron chi connectivity index (χ2n) is 3.22. The van der Waals surface area contributed by atoms with Gasteiger partial charge in [-0.15, -0.1) is 0 Å². The standard InChI is InChI=1S/C10H16ClN3S/c1-14(5-6-15-2)10-4-3-8(11)9(7-12)13-10/h3-4H,5-7,12H2,1-2H3. The smallest absolute Gasteiger partial charge is 0.128 e. The third kappa shape index (κ3) is 3.55. The van der Waals surface area contributed by atoms with Crippen LogP contribution < -0.4 is 10.6 Å². The van der Waals surface area contributed by atoms with Crippen LogP contribution in [0.3, 0.4) is 0 Å². The Kier molecular flexibility index (Phi) is 5.22. The van der Waals surface area contributed by atoms with Crippen LogP contribution in [-0.4, -0.2) is 30.6 Å². The molecule has 0 aliphatic heterocycles. The molecule has 0 amide bonds. The van der Waals surface area contributed by atoms with Gasteiger partial charge in [0.25, 0.3) is 0 Å². The predicted octanol–water partition coefficient (Wildman–Crippen LogP) is 1.99. The minimum absolute atomic E-state index is 0.378. The van der Waals surface area contributed by atoms with Gasteiger partial charge in [-0.25, -0.2) is 4.98 Å². The number of anilines is 1. The van der Waals surface area contributed by atoms with Crippen LogP contribution in [-0.2, 0) is 6.54 Å². The number of rotatable bonds is 5. The summed E-state index contributed by atoms with van der Waals surface area (Å²) in [6, 6.07) is 3.77. The maximum absolute atomic E-state index is 5.94. The van der Waals surface area contributed by atoms with E-state index in [1.165, 1.54) is 0 Å². The highest BCUT2D eigenvalue weighted by Crippen LogP contribution is 2.18. The van der Waals surface area contributed by atoms with E-state index < -0.39 is 0 Å². The molecule has 1 heterocycles. The average molecular weight is 246 g/mol. The fraction of sp³-hybridized carbons (Fsp3) is 0.500. The average Bonchev–Trinajstić information content (AvgIpc) is 2.26. The summed E-state index contributed by atoms with van der Waals surface area (Å²) in [6.45, 7) is 1.35. The van der Waals surface area contributed by atoms with E-state index in [0.717, 1.165) is 23.8 Å². The van der Waals surface area contributed by atoms with Gasteiger partial charge in [0.05, 0.1) is 10.7 Å². The molecular weight excluding hydrogens is 230 g/mol. The Morgan fingerprint density at radius 3 is 2.87 bits per heavy atom. The highest BCUT2D eigenvalue weighted by atomic mass is 35.5. The second kappa shape index (κ2) is 6.20. The van der Waals surface area contributed by atoms with Gasteiger partial charge in [-0.2, -0.15) is 11.8 Å². The third-order valence-corrected chi connectivity index (χ3v) is 3.05. The van der Waals surface area contributed by atoms with Crippen molar-refractivity contribution >= 4 is 29.2 Å². The van der Waals surface area contributed by atoms with Gasteiger partial charge in [-0.05, 0) is 18.4 Å². The van der Waals surface area contributed by atoms with Crippen molar-refractivity contribution in [2.75, 3.05) is 30.5 Å². The van der Waals surface area contributed by atoms with E-state index in [4.69, 9.17) is 17.3 Å². The van der Waals surface area contributed by atoms with Gasteiger partial charge in [-0.3, -0.25) is 0 Å². The topological polar surface area (TPSA) is 42.1 Å². The minimum atomic E-state index is 0.378. The molecule has 1 rings (SSSR count). The third-order valence-electron chi connectivity index (χ3n) is 2.12. The molecule has 3 nitrogen and oxygen atoms in total. The van der Waals surface area contributed by atoms with E-state index in [9.17, 15) is 0 Å². The van der Waals surface area contributed by atoms with E-state index in [1.54, 1.807) is 0 Å². The van der Waals surface area contributed by atoms with Gasteiger partial charge in [0, 0.05) is 25.9 Å². The summed E-state index contributed by atoms with van der Waals surface area (Å²) in [6.07, 6.45) is 2.09. The molecule has 0 atom stereocenters. The Morgan fingerprint density at radius 2 is 2.27 bits per heavy atom. The summed E-state index contributed by atoms with van der Waals surface area (Å²) in [4.78, 5) is 6.51. The predicted molar refractivity (Wildman–Crippen MR) is 68.8 cm³/mol. The SMILES string of the molecule is CSCCN(C)c1ccc(Cl)c(CN)n1. The number of thioether (sulfide) groups is 1. The second-order valence-corrected chi connectivity index (χ2v) is 4.61. The molecule has 1 aromatic rings. The van der Waals surface area contributed by atoms with Crippen LogP contribution in [0.15, 0.2) is 12.1 Å². The van der Waals surface area contributed by atoms with E-state index in [-0.39, 0.29) is 0 Å². The van der Waals surface area contributed by atoms with Crippen molar-refractivity contribution in [3.8, 4) is 0 Å². The molecule has 0 aliphatic rings. The lowest BCUT2D eigenvalue weighted by molar-refractivity contribution is 0.913. The van der Waals surface area contributed by atoms with Crippen LogP contribution in [0.2, 0.25) is 5.02 Å². The van der Waals surface area contributed by atoms with Gasteiger partial charge < -0.3 is 10.6 Å². The fourth-order valence-corrected chi connectivity index (χ4v) is 1.81. The number of nitrogens with zero attached hydrogens (tertiary/aromatic N) is 2. The monoisotopic (exact) mass is 245 g/mol. The van der Waals surface area contributed by atoms with Crippen molar-refractivity contribution in [3.05, 3.63) is 22.8 Å². The van der Waals surface area contributed by atoms with Crippen molar-refractivity contribution in [2.24, 2.45) is 5.73 Å². The number of pyridine rings is 1. The lowest BCUT2D eigenvalue weighted by Crippen LogP contribution is -2.21. The molecule has 5 heteroatoms. The number of nitrogens with two attached hydrogens (primary N) is 1. The first-order chi connectivity index (χ1) is 7.19. The molecule has 0 spiro atoms. The lowest BCUT2D eigenvalue weighted by Gasteiger charge is -2.18. The van der Waals surface area contributed by atoms with Gasteiger partial charge in [0.15, 0.2) is 0 Å². The van der Waals surface area contributed by atoms with Crippen LogP contribution in [0, 0.1) is 0 Å². The van der Waals surface area contributed by atoms with Crippen molar-refractivity contribution in [1.82, 2.24) is 4.98 Å². The number of hydrogen-bond donors (Lipinski definition) is 1. The Hall–Kier alpha value is -0.450. The molecule has 0 bridgehead atoms. The first kappa shape index (κ1) is 12.6. The Bertz CT molecular complexity index is 320. The normalized spacial score (nSPS) is 10.4. The zero-order valence-electron chi connectivity index (χ0n) is 9.03. The molecular formula is C10H16ClN3S. The number of aromatic nitrogens is 1. The fourth-order valence-electron chi connectivity index (χ4n) is 1.17. The largest absolute Gasteiger partial charge is 0.359 e. The van der Waals surface area contributed by atoms with Crippen molar-refractivity contribution in [1.29, 1.82) is 0 Å². The summed E-state index contributed by atoms with van der Waals surface area (Å²) in [7, 11) is 2.02. The minimum Gasteiger partial charge on any atom is -0.359 e. The summed E-state index contributed by atoms with van der Waals surface area (Å²) < 4.78 is 0. The first-order valence-electron chi connectivity index (χ1n) is 4.74. The van der Waals surface area contributed by atoms with E-state index >= 15 is 0 Å². The number of hydrogen-bond acceptors (Lipinski definition) is 4. The summed E-state index contributed by atoms with van der Waals surface area (Å²) >= 11 is 7.76.